The van der Waals surface area contributed by atoms with Crippen molar-refractivity contribution in [1.29, 1.82) is 0 Å². The van der Waals surface area contributed by atoms with E-state index >= 15 is 0 Å². The SMILES string of the molecule is CC(C)NC1=C(N)NCCC1. The molecule has 0 spiro atoms. The van der Waals surface area contributed by atoms with Gasteiger partial charge in [0.15, 0.2) is 0 Å². The van der Waals surface area contributed by atoms with Crippen LogP contribution in [0.2, 0.25) is 0 Å². The smallest absolute Gasteiger partial charge is 0.116 e. The zero-order chi connectivity index (χ0) is 8.27. The van der Waals surface area contributed by atoms with Gasteiger partial charge in [-0.25, -0.2) is 0 Å². The highest BCUT2D eigenvalue weighted by molar-refractivity contribution is 5.10. The van der Waals surface area contributed by atoms with Crippen molar-refractivity contribution in [3.8, 4) is 0 Å². The molecule has 0 fully saturated rings. The lowest BCUT2D eigenvalue weighted by atomic mass is 10.1. The molecule has 1 aliphatic rings. The Labute approximate surface area is 68.0 Å². The molecule has 0 aromatic rings. The van der Waals surface area contributed by atoms with Crippen molar-refractivity contribution in [2.75, 3.05) is 6.54 Å². The van der Waals surface area contributed by atoms with Crippen LogP contribution < -0.4 is 16.4 Å². The Hall–Kier alpha value is -0.860. The fraction of sp³-hybridized carbons (Fsp3) is 0.750. The molecular formula is C8H17N3. The first kappa shape index (κ1) is 8.24. The predicted octanol–water partition coefficient (Wildman–Crippen LogP) is 0.496. The molecule has 0 aromatic heterocycles. The maximum absolute atomic E-state index is 5.73. The molecule has 0 unspecified atom stereocenters. The average molecular weight is 155 g/mol. The zero-order valence-corrected chi connectivity index (χ0v) is 7.28. The van der Waals surface area contributed by atoms with Crippen LogP contribution in [0.4, 0.5) is 0 Å². The van der Waals surface area contributed by atoms with Gasteiger partial charge < -0.3 is 16.4 Å². The molecule has 1 aliphatic heterocycles. The van der Waals surface area contributed by atoms with Gasteiger partial charge in [0.2, 0.25) is 0 Å². The molecule has 0 aliphatic carbocycles. The zero-order valence-electron chi connectivity index (χ0n) is 7.28. The Balaban J connectivity index is 2.52. The van der Waals surface area contributed by atoms with Crippen LogP contribution in [-0.4, -0.2) is 12.6 Å². The lowest BCUT2D eigenvalue weighted by Crippen LogP contribution is -2.34. The summed E-state index contributed by atoms with van der Waals surface area (Å²) in [6.07, 6.45) is 2.26. The Bertz CT molecular complexity index is 161. The summed E-state index contributed by atoms with van der Waals surface area (Å²) in [5.74, 6) is 0.824. The summed E-state index contributed by atoms with van der Waals surface area (Å²) in [6, 6.07) is 0.475. The summed E-state index contributed by atoms with van der Waals surface area (Å²) in [5, 5.41) is 6.46. The van der Waals surface area contributed by atoms with Crippen LogP contribution in [0.5, 0.6) is 0 Å². The monoisotopic (exact) mass is 155 g/mol. The predicted molar refractivity (Wildman–Crippen MR) is 46.7 cm³/mol. The minimum atomic E-state index is 0.475. The molecule has 0 aromatic carbocycles. The lowest BCUT2D eigenvalue weighted by molar-refractivity contribution is 0.565. The van der Waals surface area contributed by atoms with Gasteiger partial charge in [0, 0.05) is 12.6 Å². The van der Waals surface area contributed by atoms with E-state index in [1.807, 2.05) is 0 Å². The normalized spacial score (nSPS) is 18.5. The van der Waals surface area contributed by atoms with Crippen LogP contribution in [0.3, 0.4) is 0 Å². The van der Waals surface area contributed by atoms with Gasteiger partial charge in [0.25, 0.3) is 0 Å². The van der Waals surface area contributed by atoms with Crippen molar-refractivity contribution < 1.29 is 0 Å². The van der Waals surface area contributed by atoms with Gasteiger partial charge in [-0.2, -0.15) is 0 Å². The van der Waals surface area contributed by atoms with Crippen molar-refractivity contribution in [1.82, 2.24) is 10.6 Å². The molecule has 0 amide bonds. The van der Waals surface area contributed by atoms with Gasteiger partial charge in [0.1, 0.15) is 5.82 Å². The molecule has 64 valence electrons. The topological polar surface area (TPSA) is 50.1 Å². The van der Waals surface area contributed by atoms with Crippen LogP contribution in [0.1, 0.15) is 26.7 Å². The largest absolute Gasteiger partial charge is 0.384 e. The maximum atomic E-state index is 5.73. The number of hydrogen-bond donors (Lipinski definition) is 3. The Morgan fingerprint density at radius 3 is 2.82 bits per heavy atom. The molecular weight excluding hydrogens is 138 g/mol. The fourth-order valence-electron chi connectivity index (χ4n) is 1.23. The number of rotatable bonds is 2. The average Bonchev–Trinajstić information content (AvgIpc) is 1.93. The highest BCUT2D eigenvalue weighted by Crippen LogP contribution is 2.08. The first-order valence-corrected chi connectivity index (χ1v) is 4.19. The van der Waals surface area contributed by atoms with E-state index in [-0.39, 0.29) is 0 Å². The molecule has 1 heterocycles. The van der Waals surface area contributed by atoms with E-state index in [2.05, 4.69) is 24.5 Å². The second-order valence-electron chi connectivity index (χ2n) is 3.22. The standard InChI is InChI=1S/C8H17N3/c1-6(2)11-7-4-3-5-10-8(7)9/h6,10-11H,3-5,9H2,1-2H3. The molecule has 0 saturated carbocycles. The first-order valence-electron chi connectivity index (χ1n) is 4.19. The van der Waals surface area contributed by atoms with Gasteiger partial charge in [-0.3, -0.25) is 0 Å². The number of nitrogens with two attached hydrogens (primary N) is 1. The van der Waals surface area contributed by atoms with Crippen molar-refractivity contribution >= 4 is 0 Å². The third kappa shape index (κ3) is 2.33. The minimum absolute atomic E-state index is 0.475. The van der Waals surface area contributed by atoms with Crippen molar-refractivity contribution in [3.63, 3.8) is 0 Å². The summed E-state index contributed by atoms with van der Waals surface area (Å²) in [6.45, 7) is 5.25. The van der Waals surface area contributed by atoms with Gasteiger partial charge in [0.05, 0.1) is 5.70 Å². The van der Waals surface area contributed by atoms with Gasteiger partial charge in [-0.05, 0) is 26.7 Å². The summed E-state index contributed by atoms with van der Waals surface area (Å²) in [4.78, 5) is 0. The summed E-state index contributed by atoms with van der Waals surface area (Å²) >= 11 is 0. The molecule has 1 rings (SSSR count). The Kier molecular flexibility index (Phi) is 2.63. The quantitative estimate of drug-likeness (QED) is 0.544. The highest BCUT2D eigenvalue weighted by atomic mass is 15.1. The van der Waals surface area contributed by atoms with Crippen LogP contribution in [-0.2, 0) is 0 Å². The number of nitrogens with one attached hydrogen (secondary N) is 2. The maximum Gasteiger partial charge on any atom is 0.116 e. The summed E-state index contributed by atoms with van der Waals surface area (Å²) in [7, 11) is 0. The fourth-order valence-corrected chi connectivity index (χ4v) is 1.23. The minimum Gasteiger partial charge on any atom is -0.384 e. The molecule has 11 heavy (non-hydrogen) atoms. The van der Waals surface area contributed by atoms with E-state index in [0.717, 1.165) is 18.8 Å². The second kappa shape index (κ2) is 3.51. The number of allylic oxidation sites excluding steroid dienone is 1. The molecule has 0 bridgehead atoms. The molecule has 3 heteroatoms. The third-order valence-corrected chi connectivity index (χ3v) is 1.71. The highest BCUT2D eigenvalue weighted by Gasteiger charge is 2.08. The van der Waals surface area contributed by atoms with Crippen LogP contribution in [0.25, 0.3) is 0 Å². The van der Waals surface area contributed by atoms with Crippen molar-refractivity contribution in [3.05, 3.63) is 11.5 Å². The Morgan fingerprint density at radius 1 is 1.55 bits per heavy atom. The van der Waals surface area contributed by atoms with Gasteiger partial charge in [-0.1, -0.05) is 0 Å². The first-order chi connectivity index (χ1) is 5.20. The number of hydrogen-bond acceptors (Lipinski definition) is 3. The molecule has 0 atom stereocenters. The third-order valence-electron chi connectivity index (χ3n) is 1.71. The molecule has 3 nitrogen and oxygen atoms in total. The van der Waals surface area contributed by atoms with E-state index in [9.17, 15) is 0 Å². The second-order valence-corrected chi connectivity index (χ2v) is 3.22. The Morgan fingerprint density at radius 2 is 2.27 bits per heavy atom. The molecule has 0 radical (unpaired) electrons. The van der Waals surface area contributed by atoms with Crippen molar-refractivity contribution in [2.45, 2.75) is 32.7 Å². The van der Waals surface area contributed by atoms with Crippen LogP contribution >= 0.6 is 0 Å². The summed E-state index contributed by atoms with van der Waals surface area (Å²) < 4.78 is 0. The van der Waals surface area contributed by atoms with Crippen molar-refractivity contribution in [2.24, 2.45) is 5.73 Å². The lowest BCUT2D eigenvalue weighted by Gasteiger charge is -2.22. The van der Waals surface area contributed by atoms with E-state index in [0.29, 0.717) is 6.04 Å². The van der Waals surface area contributed by atoms with E-state index < -0.39 is 0 Å². The van der Waals surface area contributed by atoms with Crippen LogP contribution in [0, 0.1) is 0 Å². The van der Waals surface area contributed by atoms with Crippen LogP contribution in [0.15, 0.2) is 11.5 Å². The molecule has 0 saturated heterocycles. The van der Waals surface area contributed by atoms with E-state index in [1.54, 1.807) is 0 Å². The van der Waals surface area contributed by atoms with Gasteiger partial charge in [-0.15, -0.1) is 0 Å². The van der Waals surface area contributed by atoms with E-state index in [1.165, 1.54) is 12.1 Å². The van der Waals surface area contributed by atoms with E-state index in [4.69, 9.17) is 5.73 Å². The van der Waals surface area contributed by atoms with Gasteiger partial charge >= 0.3 is 0 Å². The summed E-state index contributed by atoms with van der Waals surface area (Å²) in [5.41, 5.74) is 6.91. The molecule has 4 N–H and O–H groups in total.